The lowest BCUT2D eigenvalue weighted by molar-refractivity contribution is 0.0954. The third-order valence-electron chi connectivity index (χ3n) is 3.88. The summed E-state index contributed by atoms with van der Waals surface area (Å²) in [6.07, 6.45) is 0.713. The summed E-state index contributed by atoms with van der Waals surface area (Å²) in [5.41, 5.74) is 2.39. The number of nitrogens with one attached hydrogen (secondary N) is 1. The molecule has 0 unspecified atom stereocenters. The first-order valence-electron chi connectivity index (χ1n) is 8.22. The highest BCUT2D eigenvalue weighted by Crippen LogP contribution is 2.21. The molecule has 1 amide bonds. The van der Waals surface area contributed by atoms with Crippen LogP contribution in [0.5, 0.6) is 0 Å². The van der Waals surface area contributed by atoms with Crippen molar-refractivity contribution in [1.82, 2.24) is 20.4 Å². The SMILES string of the molecule is Cc1noc(-c2ccc(C(=O)NCCc3nc4ccccc4s3)cc2)n1. The molecular weight excluding hydrogens is 348 g/mol. The number of carbonyl (C=O) groups is 1. The number of aryl methyl sites for hydroxylation is 1. The summed E-state index contributed by atoms with van der Waals surface area (Å²) in [4.78, 5) is 21.0. The van der Waals surface area contributed by atoms with Crippen molar-refractivity contribution in [1.29, 1.82) is 0 Å². The number of thiazole rings is 1. The van der Waals surface area contributed by atoms with Crippen LogP contribution < -0.4 is 5.32 Å². The van der Waals surface area contributed by atoms with Crippen LogP contribution in [-0.4, -0.2) is 27.6 Å². The molecule has 0 aliphatic heterocycles. The monoisotopic (exact) mass is 364 g/mol. The minimum atomic E-state index is -0.112. The van der Waals surface area contributed by atoms with Crippen LogP contribution >= 0.6 is 11.3 Å². The van der Waals surface area contributed by atoms with Crippen LogP contribution in [0.2, 0.25) is 0 Å². The lowest BCUT2D eigenvalue weighted by Gasteiger charge is -2.04. The van der Waals surface area contributed by atoms with E-state index in [2.05, 4.69) is 26.5 Å². The second-order valence-corrected chi connectivity index (χ2v) is 6.92. The van der Waals surface area contributed by atoms with E-state index in [0.717, 1.165) is 16.1 Å². The zero-order valence-electron chi connectivity index (χ0n) is 14.1. The largest absolute Gasteiger partial charge is 0.352 e. The van der Waals surface area contributed by atoms with Gasteiger partial charge in [0, 0.05) is 24.1 Å². The molecule has 2 aromatic carbocycles. The van der Waals surface area contributed by atoms with Gasteiger partial charge in [0.15, 0.2) is 5.82 Å². The molecule has 26 heavy (non-hydrogen) atoms. The maximum atomic E-state index is 12.3. The Kier molecular flexibility index (Phi) is 4.45. The second kappa shape index (κ2) is 7.05. The van der Waals surface area contributed by atoms with E-state index in [1.54, 1.807) is 42.5 Å². The zero-order chi connectivity index (χ0) is 17.9. The van der Waals surface area contributed by atoms with Crippen molar-refractivity contribution in [3.8, 4) is 11.5 Å². The van der Waals surface area contributed by atoms with Gasteiger partial charge in [-0.25, -0.2) is 4.98 Å². The van der Waals surface area contributed by atoms with E-state index in [0.29, 0.717) is 30.2 Å². The van der Waals surface area contributed by atoms with E-state index in [4.69, 9.17) is 4.52 Å². The van der Waals surface area contributed by atoms with Gasteiger partial charge in [-0.3, -0.25) is 4.79 Å². The number of benzene rings is 2. The first-order chi connectivity index (χ1) is 12.7. The summed E-state index contributed by atoms with van der Waals surface area (Å²) in [5.74, 6) is 0.918. The molecule has 0 bridgehead atoms. The maximum Gasteiger partial charge on any atom is 0.257 e. The van der Waals surface area contributed by atoms with Crippen LogP contribution in [0.4, 0.5) is 0 Å². The number of aromatic nitrogens is 3. The summed E-state index contributed by atoms with van der Waals surface area (Å²) in [7, 11) is 0. The van der Waals surface area contributed by atoms with E-state index in [1.165, 1.54) is 4.70 Å². The van der Waals surface area contributed by atoms with E-state index < -0.39 is 0 Å². The molecule has 0 aliphatic rings. The van der Waals surface area contributed by atoms with Crippen LogP contribution in [0.1, 0.15) is 21.2 Å². The number of carbonyl (C=O) groups excluding carboxylic acids is 1. The third kappa shape index (κ3) is 3.48. The van der Waals surface area contributed by atoms with E-state index in [9.17, 15) is 4.79 Å². The fourth-order valence-corrected chi connectivity index (χ4v) is 3.56. The Bertz CT molecular complexity index is 1020. The molecular formula is C19H16N4O2S. The van der Waals surface area contributed by atoms with Crippen LogP contribution in [0.25, 0.3) is 21.7 Å². The third-order valence-corrected chi connectivity index (χ3v) is 4.98. The van der Waals surface area contributed by atoms with Gasteiger partial charge in [0.2, 0.25) is 0 Å². The maximum absolute atomic E-state index is 12.3. The Morgan fingerprint density at radius 1 is 1.12 bits per heavy atom. The summed E-state index contributed by atoms with van der Waals surface area (Å²) >= 11 is 1.66. The molecule has 0 aliphatic carbocycles. The number of para-hydroxylation sites is 1. The number of rotatable bonds is 5. The lowest BCUT2D eigenvalue weighted by atomic mass is 10.1. The molecule has 4 rings (SSSR count). The standard InChI is InChI=1S/C19H16N4O2S/c1-12-21-19(25-23-12)14-8-6-13(7-9-14)18(24)20-11-10-17-22-15-4-2-3-5-16(15)26-17/h2-9H,10-11H2,1H3,(H,20,24). The molecule has 2 heterocycles. The zero-order valence-corrected chi connectivity index (χ0v) is 14.9. The quantitative estimate of drug-likeness (QED) is 0.585. The van der Waals surface area contributed by atoms with Crippen molar-refractivity contribution < 1.29 is 9.32 Å². The van der Waals surface area contributed by atoms with Crippen molar-refractivity contribution in [2.24, 2.45) is 0 Å². The number of amides is 1. The van der Waals surface area contributed by atoms with E-state index in [-0.39, 0.29) is 5.91 Å². The molecule has 4 aromatic rings. The molecule has 130 valence electrons. The van der Waals surface area contributed by atoms with Gasteiger partial charge in [0.25, 0.3) is 11.8 Å². The van der Waals surface area contributed by atoms with Crippen molar-refractivity contribution in [3.63, 3.8) is 0 Å². The Morgan fingerprint density at radius 3 is 2.65 bits per heavy atom. The predicted molar refractivity (Wildman–Crippen MR) is 100 cm³/mol. The molecule has 0 saturated heterocycles. The van der Waals surface area contributed by atoms with Crippen molar-refractivity contribution in [2.45, 2.75) is 13.3 Å². The Morgan fingerprint density at radius 2 is 1.92 bits per heavy atom. The Balaban J connectivity index is 1.35. The van der Waals surface area contributed by atoms with Gasteiger partial charge < -0.3 is 9.84 Å². The van der Waals surface area contributed by atoms with Crippen LogP contribution in [0.3, 0.4) is 0 Å². The van der Waals surface area contributed by atoms with Gasteiger partial charge in [0.1, 0.15) is 0 Å². The second-order valence-electron chi connectivity index (χ2n) is 5.81. The molecule has 2 aromatic heterocycles. The average Bonchev–Trinajstić information content (AvgIpc) is 3.27. The normalized spacial score (nSPS) is 11.0. The van der Waals surface area contributed by atoms with Crippen LogP contribution in [-0.2, 0) is 6.42 Å². The lowest BCUT2D eigenvalue weighted by Crippen LogP contribution is -2.25. The van der Waals surface area contributed by atoms with Crippen molar-refractivity contribution >= 4 is 27.5 Å². The van der Waals surface area contributed by atoms with Gasteiger partial charge in [-0.1, -0.05) is 17.3 Å². The van der Waals surface area contributed by atoms with Gasteiger partial charge in [-0.05, 0) is 43.3 Å². The highest BCUT2D eigenvalue weighted by atomic mass is 32.1. The molecule has 0 saturated carbocycles. The first kappa shape index (κ1) is 16.4. The van der Waals surface area contributed by atoms with Gasteiger partial charge in [-0.15, -0.1) is 11.3 Å². The van der Waals surface area contributed by atoms with Gasteiger partial charge in [-0.2, -0.15) is 4.98 Å². The van der Waals surface area contributed by atoms with E-state index >= 15 is 0 Å². The molecule has 1 N–H and O–H groups in total. The number of fused-ring (bicyclic) bond motifs is 1. The first-order valence-corrected chi connectivity index (χ1v) is 9.04. The highest BCUT2D eigenvalue weighted by Gasteiger charge is 2.10. The van der Waals surface area contributed by atoms with Gasteiger partial charge in [0.05, 0.1) is 15.2 Å². The Hall–Kier alpha value is -3.06. The molecule has 0 atom stereocenters. The summed E-state index contributed by atoms with van der Waals surface area (Å²) < 4.78 is 6.29. The van der Waals surface area contributed by atoms with Crippen molar-refractivity contribution in [3.05, 3.63) is 64.9 Å². The fourth-order valence-electron chi connectivity index (χ4n) is 2.59. The van der Waals surface area contributed by atoms with E-state index in [1.807, 2.05) is 18.2 Å². The smallest absolute Gasteiger partial charge is 0.257 e. The molecule has 0 fully saturated rings. The topological polar surface area (TPSA) is 80.9 Å². The molecule has 6 nitrogen and oxygen atoms in total. The van der Waals surface area contributed by atoms with Crippen LogP contribution in [0, 0.1) is 6.92 Å². The average molecular weight is 364 g/mol. The summed E-state index contributed by atoms with van der Waals surface area (Å²) in [5, 5.41) is 7.72. The molecule has 7 heteroatoms. The summed E-state index contributed by atoms with van der Waals surface area (Å²) in [6.45, 7) is 2.31. The Labute approximate surface area is 153 Å². The van der Waals surface area contributed by atoms with Crippen LogP contribution in [0.15, 0.2) is 53.1 Å². The number of hydrogen-bond donors (Lipinski definition) is 1. The number of hydrogen-bond acceptors (Lipinski definition) is 6. The number of nitrogens with zero attached hydrogens (tertiary/aromatic N) is 3. The van der Waals surface area contributed by atoms with Gasteiger partial charge >= 0.3 is 0 Å². The molecule has 0 radical (unpaired) electrons. The minimum Gasteiger partial charge on any atom is -0.352 e. The molecule has 0 spiro atoms. The fraction of sp³-hybridized carbons (Fsp3) is 0.158. The highest BCUT2D eigenvalue weighted by molar-refractivity contribution is 7.18. The predicted octanol–water partition coefficient (Wildman–Crippen LogP) is 3.63. The summed E-state index contributed by atoms with van der Waals surface area (Å²) in [6, 6.07) is 15.1. The minimum absolute atomic E-state index is 0.112. The van der Waals surface area contributed by atoms with Crippen molar-refractivity contribution in [2.75, 3.05) is 6.54 Å².